The molecule has 0 aliphatic carbocycles. The molecule has 2 rings (SSSR count). The van der Waals surface area contributed by atoms with Crippen molar-refractivity contribution in [1.82, 2.24) is 20.0 Å². The number of hydrogen-bond donors (Lipinski definition) is 1. The summed E-state index contributed by atoms with van der Waals surface area (Å²) in [7, 11) is 6.03. The number of likely N-dealkylation sites (N-methyl/N-ethyl adjacent to an activating group) is 3. The molecular formula is C12H24N4O. The number of urea groups is 1. The van der Waals surface area contributed by atoms with Crippen molar-refractivity contribution < 1.29 is 4.79 Å². The summed E-state index contributed by atoms with van der Waals surface area (Å²) in [6, 6.07) is 1.06. The minimum absolute atomic E-state index is 0.197. The van der Waals surface area contributed by atoms with Crippen molar-refractivity contribution in [3.8, 4) is 0 Å². The number of hydrogen-bond acceptors (Lipinski definition) is 3. The molecule has 0 spiro atoms. The van der Waals surface area contributed by atoms with Gasteiger partial charge in [-0.15, -0.1) is 0 Å². The normalized spacial score (nSPS) is 29.9. The van der Waals surface area contributed by atoms with Gasteiger partial charge in [0.05, 0.1) is 0 Å². The number of likely N-dealkylation sites (tertiary alicyclic amines) is 2. The Labute approximate surface area is 104 Å². The van der Waals surface area contributed by atoms with Gasteiger partial charge in [0.2, 0.25) is 0 Å². The van der Waals surface area contributed by atoms with Crippen LogP contribution in [0.3, 0.4) is 0 Å². The second-order valence-corrected chi connectivity index (χ2v) is 5.32. The summed E-state index contributed by atoms with van der Waals surface area (Å²) in [6.07, 6.45) is 2.17. The van der Waals surface area contributed by atoms with Gasteiger partial charge in [-0.25, -0.2) is 4.79 Å². The van der Waals surface area contributed by atoms with Crippen molar-refractivity contribution in [2.45, 2.75) is 24.9 Å². The van der Waals surface area contributed by atoms with Crippen molar-refractivity contribution in [2.24, 2.45) is 0 Å². The third-order valence-corrected chi connectivity index (χ3v) is 4.08. The van der Waals surface area contributed by atoms with Crippen LogP contribution in [0.5, 0.6) is 0 Å². The maximum atomic E-state index is 12.3. The molecule has 0 aromatic carbocycles. The molecule has 0 radical (unpaired) electrons. The number of amides is 2. The molecule has 0 bridgehead atoms. The second-order valence-electron chi connectivity index (χ2n) is 5.32. The van der Waals surface area contributed by atoms with Crippen LogP contribution in [-0.4, -0.2) is 80.1 Å². The summed E-state index contributed by atoms with van der Waals surface area (Å²) in [5, 5.41) is 3.24. The minimum atomic E-state index is 0.197. The molecule has 5 nitrogen and oxygen atoms in total. The number of rotatable bonds is 2. The Morgan fingerprint density at radius 1 is 1.29 bits per heavy atom. The van der Waals surface area contributed by atoms with E-state index in [1.807, 2.05) is 23.9 Å². The highest BCUT2D eigenvalue weighted by molar-refractivity contribution is 5.75. The zero-order valence-electron chi connectivity index (χ0n) is 11.1. The lowest BCUT2D eigenvalue weighted by molar-refractivity contribution is 0.155. The van der Waals surface area contributed by atoms with E-state index in [1.165, 1.54) is 0 Å². The first-order valence-corrected chi connectivity index (χ1v) is 6.49. The summed E-state index contributed by atoms with van der Waals surface area (Å²) in [6.45, 7) is 3.84. The molecule has 2 saturated heterocycles. The van der Waals surface area contributed by atoms with E-state index in [2.05, 4.69) is 17.3 Å². The van der Waals surface area contributed by atoms with E-state index in [0.717, 1.165) is 39.0 Å². The van der Waals surface area contributed by atoms with E-state index in [-0.39, 0.29) is 6.03 Å². The van der Waals surface area contributed by atoms with Crippen LogP contribution in [0.4, 0.5) is 4.79 Å². The minimum Gasteiger partial charge on any atom is -0.323 e. The molecular weight excluding hydrogens is 216 g/mol. The second kappa shape index (κ2) is 5.23. The van der Waals surface area contributed by atoms with E-state index in [9.17, 15) is 4.79 Å². The summed E-state index contributed by atoms with van der Waals surface area (Å²) in [5.74, 6) is 0. The van der Waals surface area contributed by atoms with Crippen molar-refractivity contribution in [1.29, 1.82) is 0 Å². The van der Waals surface area contributed by atoms with Crippen LogP contribution in [0.25, 0.3) is 0 Å². The Bertz CT molecular complexity index is 284. The van der Waals surface area contributed by atoms with Crippen molar-refractivity contribution in [2.75, 3.05) is 47.3 Å². The van der Waals surface area contributed by atoms with Gasteiger partial charge in [0.15, 0.2) is 0 Å². The molecule has 2 heterocycles. The maximum Gasteiger partial charge on any atom is 0.320 e. The molecule has 0 unspecified atom stereocenters. The molecule has 0 aromatic rings. The van der Waals surface area contributed by atoms with Crippen LogP contribution in [0.15, 0.2) is 0 Å². The molecule has 5 heteroatoms. The summed E-state index contributed by atoms with van der Waals surface area (Å²) in [4.78, 5) is 18.5. The molecule has 2 fully saturated rings. The van der Waals surface area contributed by atoms with Gasteiger partial charge in [0, 0.05) is 38.8 Å². The predicted molar refractivity (Wildman–Crippen MR) is 68.1 cm³/mol. The highest BCUT2D eigenvalue weighted by Gasteiger charge is 2.32. The molecule has 98 valence electrons. The van der Waals surface area contributed by atoms with E-state index >= 15 is 0 Å². The van der Waals surface area contributed by atoms with Gasteiger partial charge in [0.25, 0.3) is 0 Å². The highest BCUT2D eigenvalue weighted by Crippen LogP contribution is 2.17. The fourth-order valence-electron chi connectivity index (χ4n) is 2.78. The lowest BCUT2D eigenvalue weighted by Crippen LogP contribution is -2.46. The molecule has 17 heavy (non-hydrogen) atoms. The number of carbonyl (C=O) groups excluding carboxylic acids is 1. The van der Waals surface area contributed by atoms with Crippen molar-refractivity contribution >= 4 is 6.03 Å². The first-order valence-electron chi connectivity index (χ1n) is 6.49. The Morgan fingerprint density at radius 2 is 2.06 bits per heavy atom. The van der Waals surface area contributed by atoms with Crippen LogP contribution >= 0.6 is 0 Å². The van der Waals surface area contributed by atoms with E-state index in [1.54, 1.807) is 0 Å². The fourth-order valence-corrected chi connectivity index (χ4v) is 2.78. The number of nitrogens with one attached hydrogen (secondary N) is 1. The first-order chi connectivity index (χ1) is 8.11. The largest absolute Gasteiger partial charge is 0.323 e. The third kappa shape index (κ3) is 2.72. The lowest BCUT2D eigenvalue weighted by atomic mass is 10.2. The van der Waals surface area contributed by atoms with Crippen LogP contribution in [0.2, 0.25) is 0 Å². The van der Waals surface area contributed by atoms with Gasteiger partial charge < -0.3 is 20.0 Å². The molecule has 2 aliphatic heterocycles. The Kier molecular flexibility index (Phi) is 3.89. The SMILES string of the molecule is CN[C@H]1CCN(C(=O)N(C)[C@@H]2CCN(C)C2)C1. The van der Waals surface area contributed by atoms with Crippen LogP contribution in [0, 0.1) is 0 Å². The molecule has 1 N–H and O–H groups in total. The van der Waals surface area contributed by atoms with Gasteiger partial charge in [-0.2, -0.15) is 0 Å². The summed E-state index contributed by atoms with van der Waals surface area (Å²) < 4.78 is 0. The van der Waals surface area contributed by atoms with E-state index in [0.29, 0.717) is 12.1 Å². The highest BCUT2D eigenvalue weighted by atomic mass is 16.2. The zero-order valence-corrected chi connectivity index (χ0v) is 11.1. The van der Waals surface area contributed by atoms with Crippen molar-refractivity contribution in [3.05, 3.63) is 0 Å². The van der Waals surface area contributed by atoms with Crippen LogP contribution < -0.4 is 5.32 Å². The zero-order chi connectivity index (χ0) is 12.4. The van der Waals surface area contributed by atoms with E-state index in [4.69, 9.17) is 0 Å². The number of carbonyl (C=O) groups is 1. The average Bonchev–Trinajstić information content (AvgIpc) is 2.95. The lowest BCUT2D eigenvalue weighted by Gasteiger charge is -2.29. The quantitative estimate of drug-likeness (QED) is 0.740. The molecule has 0 aromatic heterocycles. The third-order valence-electron chi connectivity index (χ3n) is 4.08. The van der Waals surface area contributed by atoms with Gasteiger partial charge in [-0.3, -0.25) is 0 Å². The molecule has 0 saturated carbocycles. The molecule has 2 atom stereocenters. The van der Waals surface area contributed by atoms with Gasteiger partial charge in [-0.05, 0) is 33.5 Å². The van der Waals surface area contributed by atoms with Crippen molar-refractivity contribution in [3.63, 3.8) is 0 Å². The van der Waals surface area contributed by atoms with Gasteiger partial charge in [0.1, 0.15) is 0 Å². The standard InChI is InChI=1S/C12H24N4O/c1-13-10-4-7-16(8-10)12(17)15(3)11-5-6-14(2)9-11/h10-11,13H,4-9H2,1-3H3/t10-,11+/m0/s1. The summed E-state index contributed by atoms with van der Waals surface area (Å²) >= 11 is 0. The Balaban J connectivity index is 1.87. The maximum absolute atomic E-state index is 12.3. The van der Waals surface area contributed by atoms with E-state index < -0.39 is 0 Å². The summed E-state index contributed by atoms with van der Waals surface area (Å²) in [5.41, 5.74) is 0. The Hall–Kier alpha value is -0.810. The molecule has 2 aliphatic rings. The predicted octanol–water partition coefficient (Wildman–Crippen LogP) is 0.0360. The monoisotopic (exact) mass is 240 g/mol. The number of nitrogens with zero attached hydrogens (tertiary/aromatic N) is 3. The Morgan fingerprint density at radius 3 is 2.59 bits per heavy atom. The topological polar surface area (TPSA) is 38.8 Å². The first kappa shape index (κ1) is 12.6. The fraction of sp³-hybridized carbons (Fsp3) is 0.917. The van der Waals surface area contributed by atoms with Gasteiger partial charge >= 0.3 is 6.03 Å². The van der Waals surface area contributed by atoms with Gasteiger partial charge in [-0.1, -0.05) is 0 Å². The smallest absolute Gasteiger partial charge is 0.320 e. The van der Waals surface area contributed by atoms with Crippen LogP contribution in [0.1, 0.15) is 12.8 Å². The van der Waals surface area contributed by atoms with Crippen LogP contribution in [-0.2, 0) is 0 Å². The average molecular weight is 240 g/mol. The molecule has 2 amide bonds.